The van der Waals surface area contributed by atoms with Crippen LogP contribution in [-0.2, 0) is 19.4 Å². The number of rotatable bonds is 5. The topological polar surface area (TPSA) is 67.7 Å². The van der Waals surface area contributed by atoms with E-state index in [2.05, 4.69) is 62.9 Å². The molecule has 0 radical (unpaired) electrons. The molecule has 5 nitrogen and oxygen atoms in total. The number of carbonyl (C=O) groups excluding carboxylic acids is 1. The van der Waals surface area contributed by atoms with Crippen molar-refractivity contribution in [3.63, 3.8) is 0 Å². The van der Waals surface area contributed by atoms with Gasteiger partial charge in [-0.25, -0.2) is 4.99 Å². The Balaban J connectivity index is 1.65. The number of hydrogen-bond donors (Lipinski definition) is 1. The second-order valence-electron chi connectivity index (χ2n) is 8.78. The summed E-state index contributed by atoms with van der Waals surface area (Å²) >= 11 is 8.38. The lowest BCUT2D eigenvalue weighted by Crippen LogP contribution is -2.28. The van der Waals surface area contributed by atoms with Gasteiger partial charge >= 0.3 is 0 Å². The zero-order valence-electron chi connectivity index (χ0n) is 17.6. The van der Waals surface area contributed by atoms with Gasteiger partial charge in [0.15, 0.2) is 4.67 Å². The first-order valence-corrected chi connectivity index (χ1v) is 12.6. The van der Waals surface area contributed by atoms with Crippen molar-refractivity contribution < 1.29 is 13.6 Å². The SMILES string of the molecule is CC(C)(C)[C@@H]1CCc2c(sc(N=Cc3cc(Br)c(Br)o3)c2C(=O)NCc2ccco2)C1. The molecule has 0 spiro atoms. The molecule has 0 bridgehead atoms. The van der Waals surface area contributed by atoms with Gasteiger partial charge in [-0.3, -0.25) is 4.79 Å². The highest BCUT2D eigenvalue weighted by Gasteiger charge is 2.33. The predicted molar refractivity (Wildman–Crippen MR) is 131 cm³/mol. The minimum absolute atomic E-state index is 0.114. The van der Waals surface area contributed by atoms with E-state index in [0.29, 0.717) is 28.5 Å². The molecular formula is C23H24Br2N2O3S. The third-order valence-electron chi connectivity index (χ3n) is 5.68. The molecule has 4 rings (SSSR count). The van der Waals surface area contributed by atoms with Gasteiger partial charge in [0, 0.05) is 10.9 Å². The maximum atomic E-state index is 13.2. The molecule has 0 aromatic carbocycles. The summed E-state index contributed by atoms with van der Waals surface area (Å²) in [4.78, 5) is 19.1. The number of carbonyl (C=O) groups is 1. The molecule has 31 heavy (non-hydrogen) atoms. The number of halogens is 2. The zero-order chi connectivity index (χ0) is 22.2. The van der Waals surface area contributed by atoms with Gasteiger partial charge in [0.2, 0.25) is 0 Å². The van der Waals surface area contributed by atoms with Crippen LogP contribution in [0.15, 0.2) is 47.4 Å². The molecule has 1 amide bonds. The maximum Gasteiger partial charge on any atom is 0.255 e. The Bertz CT molecular complexity index is 1090. The lowest BCUT2D eigenvalue weighted by atomic mass is 9.72. The van der Waals surface area contributed by atoms with Crippen molar-refractivity contribution >= 4 is 60.3 Å². The summed E-state index contributed by atoms with van der Waals surface area (Å²) in [5, 5.41) is 3.71. The van der Waals surface area contributed by atoms with Crippen LogP contribution < -0.4 is 5.32 Å². The van der Waals surface area contributed by atoms with Crippen molar-refractivity contribution in [3.8, 4) is 0 Å². The fraction of sp³-hybridized carbons (Fsp3) is 0.391. The highest BCUT2D eigenvalue weighted by molar-refractivity contribution is 9.13. The first-order chi connectivity index (χ1) is 14.7. The van der Waals surface area contributed by atoms with E-state index in [4.69, 9.17) is 8.83 Å². The fourth-order valence-corrected chi connectivity index (χ4v) is 5.73. The molecule has 3 aromatic heterocycles. The fourth-order valence-electron chi connectivity index (χ4n) is 3.85. The number of nitrogens with one attached hydrogen (secondary N) is 1. The van der Waals surface area contributed by atoms with E-state index in [1.165, 1.54) is 4.88 Å². The van der Waals surface area contributed by atoms with Crippen molar-refractivity contribution in [3.05, 3.63) is 61.1 Å². The van der Waals surface area contributed by atoms with E-state index in [9.17, 15) is 4.79 Å². The average molecular weight is 568 g/mol. The van der Waals surface area contributed by atoms with Gasteiger partial charge in [0.05, 0.1) is 29.1 Å². The average Bonchev–Trinajstić information content (AvgIpc) is 3.42. The first kappa shape index (κ1) is 22.6. The monoisotopic (exact) mass is 566 g/mol. The van der Waals surface area contributed by atoms with Gasteiger partial charge in [-0.2, -0.15) is 0 Å². The van der Waals surface area contributed by atoms with Crippen LogP contribution in [0.2, 0.25) is 0 Å². The molecule has 3 heterocycles. The summed E-state index contributed by atoms with van der Waals surface area (Å²) in [7, 11) is 0. The van der Waals surface area contributed by atoms with Gasteiger partial charge in [-0.15, -0.1) is 11.3 Å². The van der Waals surface area contributed by atoms with Gasteiger partial charge < -0.3 is 14.2 Å². The zero-order valence-corrected chi connectivity index (χ0v) is 21.6. The van der Waals surface area contributed by atoms with E-state index in [1.807, 2.05) is 18.2 Å². The van der Waals surface area contributed by atoms with E-state index < -0.39 is 0 Å². The van der Waals surface area contributed by atoms with Gasteiger partial charge in [0.1, 0.15) is 16.5 Å². The second kappa shape index (κ2) is 9.08. The summed E-state index contributed by atoms with van der Waals surface area (Å²) in [6, 6.07) is 5.51. The Labute approximate surface area is 202 Å². The molecule has 0 aliphatic heterocycles. The lowest BCUT2D eigenvalue weighted by molar-refractivity contribution is 0.0947. The minimum Gasteiger partial charge on any atom is -0.467 e. The molecule has 1 aliphatic carbocycles. The van der Waals surface area contributed by atoms with Gasteiger partial charge in [-0.05, 0) is 80.2 Å². The highest BCUT2D eigenvalue weighted by Crippen LogP contribution is 2.45. The predicted octanol–water partition coefficient (Wildman–Crippen LogP) is 7.29. The first-order valence-electron chi connectivity index (χ1n) is 10.2. The van der Waals surface area contributed by atoms with Crippen LogP contribution in [0.4, 0.5) is 5.00 Å². The lowest BCUT2D eigenvalue weighted by Gasteiger charge is -2.33. The number of amides is 1. The minimum atomic E-state index is -0.114. The summed E-state index contributed by atoms with van der Waals surface area (Å²) in [5.41, 5.74) is 2.05. The molecule has 1 aliphatic rings. The van der Waals surface area contributed by atoms with E-state index >= 15 is 0 Å². The smallest absolute Gasteiger partial charge is 0.255 e. The molecule has 0 fully saturated rings. The highest BCUT2D eigenvalue weighted by atomic mass is 79.9. The van der Waals surface area contributed by atoms with Crippen molar-refractivity contribution in [2.24, 2.45) is 16.3 Å². The van der Waals surface area contributed by atoms with Crippen LogP contribution in [0, 0.1) is 11.3 Å². The van der Waals surface area contributed by atoms with Crippen molar-refractivity contribution in [1.29, 1.82) is 0 Å². The molecule has 1 N–H and O–H groups in total. The molecule has 3 aromatic rings. The van der Waals surface area contributed by atoms with Crippen LogP contribution in [0.1, 0.15) is 59.5 Å². The Morgan fingerprint density at radius 2 is 2.19 bits per heavy atom. The third-order valence-corrected chi connectivity index (χ3v) is 8.55. The van der Waals surface area contributed by atoms with E-state index in [1.54, 1.807) is 23.8 Å². The van der Waals surface area contributed by atoms with Crippen molar-refractivity contribution in [2.75, 3.05) is 0 Å². The molecular weight excluding hydrogens is 544 g/mol. The van der Waals surface area contributed by atoms with Crippen LogP contribution in [0.3, 0.4) is 0 Å². The summed E-state index contributed by atoms with van der Waals surface area (Å²) < 4.78 is 12.4. The maximum absolute atomic E-state index is 13.2. The van der Waals surface area contributed by atoms with E-state index in [-0.39, 0.29) is 11.3 Å². The number of hydrogen-bond acceptors (Lipinski definition) is 5. The van der Waals surface area contributed by atoms with Crippen LogP contribution in [-0.4, -0.2) is 12.1 Å². The molecule has 0 saturated carbocycles. The van der Waals surface area contributed by atoms with Gasteiger partial charge in [-0.1, -0.05) is 20.8 Å². The van der Waals surface area contributed by atoms with Gasteiger partial charge in [0.25, 0.3) is 5.91 Å². The second-order valence-corrected chi connectivity index (χ2v) is 11.4. The third kappa shape index (κ3) is 5.07. The molecule has 164 valence electrons. The largest absolute Gasteiger partial charge is 0.467 e. The molecule has 0 unspecified atom stereocenters. The van der Waals surface area contributed by atoms with E-state index in [0.717, 1.165) is 40.1 Å². The standard InChI is InChI=1S/C23H24Br2N2O3S/c1-23(2,3)13-6-7-16-18(9-13)31-22(27-12-15-10-17(24)20(25)30-15)19(16)21(28)26-11-14-5-4-8-29-14/h4-5,8,10,12-13H,6-7,9,11H2,1-3H3,(H,26,28)/t13-/m1/s1. The molecule has 0 saturated heterocycles. The summed E-state index contributed by atoms with van der Waals surface area (Å²) in [6.45, 7) is 7.22. The summed E-state index contributed by atoms with van der Waals surface area (Å²) in [6.07, 6.45) is 6.22. The number of furan rings is 2. The van der Waals surface area contributed by atoms with Crippen molar-refractivity contribution in [2.45, 2.75) is 46.6 Å². The number of thiophene rings is 1. The summed E-state index contributed by atoms with van der Waals surface area (Å²) in [5.74, 6) is 1.81. The quantitative estimate of drug-likeness (QED) is 0.329. The number of nitrogens with zero attached hydrogens (tertiary/aromatic N) is 1. The Morgan fingerprint density at radius 1 is 1.39 bits per heavy atom. The van der Waals surface area contributed by atoms with Crippen molar-refractivity contribution in [1.82, 2.24) is 5.32 Å². The Hall–Kier alpha value is -1.64. The van der Waals surface area contributed by atoms with Crippen LogP contribution in [0.25, 0.3) is 0 Å². The number of fused-ring (bicyclic) bond motifs is 1. The Kier molecular flexibility index (Phi) is 6.60. The molecule has 1 atom stereocenters. The normalized spacial score (nSPS) is 16.6. The van der Waals surface area contributed by atoms with Crippen LogP contribution >= 0.6 is 43.2 Å². The Morgan fingerprint density at radius 3 is 2.84 bits per heavy atom. The van der Waals surface area contributed by atoms with Crippen LogP contribution in [0.5, 0.6) is 0 Å². The number of aliphatic imine (C=N–C) groups is 1. The molecule has 8 heteroatoms.